The van der Waals surface area contributed by atoms with E-state index in [1.807, 2.05) is 54.3 Å². The van der Waals surface area contributed by atoms with Crippen LogP contribution in [0.3, 0.4) is 0 Å². The molecule has 2 aromatic rings. The van der Waals surface area contributed by atoms with Crippen LogP contribution in [-0.4, -0.2) is 59.6 Å². The molecule has 32 heavy (non-hydrogen) atoms. The lowest BCUT2D eigenvalue weighted by molar-refractivity contribution is -0.165. The predicted octanol–water partition coefficient (Wildman–Crippen LogP) is 3.14. The smallest absolute Gasteiger partial charge is 0.249 e. The van der Waals surface area contributed by atoms with Gasteiger partial charge in [-0.05, 0) is 31.4 Å². The summed E-state index contributed by atoms with van der Waals surface area (Å²) in [5.74, 6) is 0.703. The van der Waals surface area contributed by atoms with Crippen molar-refractivity contribution < 1.29 is 19.1 Å². The first-order chi connectivity index (χ1) is 15.6. The molecule has 0 N–H and O–H groups in total. The lowest BCUT2D eigenvalue weighted by Gasteiger charge is -2.47. The van der Waals surface area contributed by atoms with E-state index < -0.39 is 5.54 Å². The molecule has 3 fully saturated rings. The Balaban J connectivity index is 1.47. The van der Waals surface area contributed by atoms with Crippen molar-refractivity contribution in [3.05, 3.63) is 65.7 Å². The number of para-hydroxylation sites is 1. The van der Waals surface area contributed by atoms with Crippen molar-refractivity contribution in [3.63, 3.8) is 0 Å². The van der Waals surface area contributed by atoms with E-state index in [4.69, 9.17) is 9.47 Å². The Morgan fingerprint density at radius 3 is 2.62 bits per heavy atom. The van der Waals surface area contributed by atoms with E-state index in [-0.39, 0.29) is 42.3 Å². The van der Waals surface area contributed by atoms with Gasteiger partial charge in [-0.2, -0.15) is 0 Å². The molecule has 0 bridgehead atoms. The van der Waals surface area contributed by atoms with E-state index in [9.17, 15) is 9.59 Å². The largest absolute Gasteiger partial charge is 0.493 e. The molecule has 4 heterocycles. The molecule has 5 atom stereocenters. The molecule has 0 saturated carbocycles. The Hall–Kier alpha value is -2.86. The zero-order valence-electron chi connectivity index (χ0n) is 18.3. The van der Waals surface area contributed by atoms with Crippen molar-refractivity contribution in [1.82, 2.24) is 9.80 Å². The van der Waals surface area contributed by atoms with Crippen molar-refractivity contribution in [2.75, 3.05) is 26.3 Å². The van der Waals surface area contributed by atoms with Crippen molar-refractivity contribution in [3.8, 4) is 5.75 Å². The summed E-state index contributed by atoms with van der Waals surface area (Å²) in [5.41, 5.74) is 1.11. The van der Waals surface area contributed by atoms with Gasteiger partial charge in [-0.25, -0.2) is 0 Å². The van der Waals surface area contributed by atoms with Crippen molar-refractivity contribution in [2.45, 2.75) is 43.4 Å². The number of ether oxygens (including phenoxy) is 2. The number of carbonyl (C=O) groups is 2. The van der Waals surface area contributed by atoms with Crippen LogP contribution in [0.15, 0.2) is 54.6 Å². The number of rotatable bonds is 3. The molecule has 3 saturated heterocycles. The van der Waals surface area contributed by atoms with E-state index >= 15 is 0 Å². The van der Waals surface area contributed by atoms with E-state index in [1.165, 1.54) is 0 Å². The zero-order chi connectivity index (χ0) is 21.9. The highest BCUT2D eigenvalue weighted by molar-refractivity contribution is 6.00. The molecule has 6 nitrogen and oxygen atoms in total. The maximum Gasteiger partial charge on any atom is 0.249 e. The molecular weight excluding hydrogens is 404 g/mol. The minimum atomic E-state index is -0.967. The fourth-order valence-electron chi connectivity index (χ4n) is 6.52. The van der Waals surface area contributed by atoms with Gasteiger partial charge in [0, 0.05) is 30.6 Å². The second-order valence-corrected chi connectivity index (χ2v) is 9.58. The second-order valence-electron chi connectivity index (χ2n) is 9.58. The number of hydrogen-bond acceptors (Lipinski definition) is 4. The van der Waals surface area contributed by atoms with Crippen LogP contribution < -0.4 is 4.74 Å². The Kier molecular flexibility index (Phi) is 4.54. The summed E-state index contributed by atoms with van der Waals surface area (Å²) in [6.45, 7) is 3.78. The summed E-state index contributed by atoms with van der Waals surface area (Å²) in [6, 6.07) is 17.9. The monoisotopic (exact) mass is 432 g/mol. The molecule has 166 valence electrons. The molecule has 6 heteroatoms. The SMILES string of the molecule is C[C@@]12C(=O)N(CC3CCCO3)CC(=O)N1[C@@H]1c3ccccc3OC[C@@H]1[C@@H]2c1ccccc1. The number of hydrogen-bond donors (Lipinski definition) is 0. The highest BCUT2D eigenvalue weighted by Crippen LogP contribution is 2.59. The maximum atomic E-state index is 14.1. The molecule has 0 aliphatic carbocycles. The first-order valence-corrected chi connectivity index (χ1v) is 11.6. The van der Waals surface area contributed by atoms with Crippen LogP contribution in [0.5, 0.6) is 5.75 Å². The molecule has 0 aromatic heterocycles. The number of benzene rings is 2. The molecule has 0 radical (unpaired) electrons. The topological polar surface area (TPSA) is 59.1 Å². The van der Waals surface area contributed by atoms with Gasteiger partial charge in [-0.1, -0.05) is 48.5 Å². The van der Waals surface area contributed by atoms with Crippen LogP contribution in [0.2, 0.25) is 0 Å². The Bertz CT molecular complexity index is 1050. The fourth-order valence-corrected chi connectivity index (χ4v) is 6.52. The molecule has 4 aliphatic heterocycles. The molecule has 0 spiro atoms. The molecule has 2 amide bonds. The number of carbonyl (C=O) groups excluding carboxylic acids is 2. The molecule has 4 aliphatic rings. The Morgan fingerprint density at radius 1 is 1.06 bits per heavy atom. The number of amides is 2. The normalized spacial score (nSPS) is 33.5. The maximum absolute atomic E-state index is 14.1. The summed E-state index contributed by atoms with van der Waals surface area (Å²) in [7, 11) is 0. The number of piperazine rings is 1. The van der Waals surface area contributed by atoms with Gasteiger partial charge in [0.2, 0.25) is 11.8 Å². The third-order valence-electron chi connectivity index (χ3n) is 7.81. The van der Waals surface area contributed by atoms with E-state index in [2.05, 4.69) is 12.1 Å². The highest BCUT2D eigenvalue weighted by atomic mass is 16.5. The summed E-state index contributed by atoms with van der Waals surface area (Å²) in [5, 5.41) is 0. The summed E-state index contributed by atoms with van der Waals surface area (Å²) >= 11 is 0. The predicted molar refractivity (Wildman–Crippen MR) is 118 cm³/mol. The highest BCUT2D eigenvalue weighted by Gasteiger charge is 2.66. The van der Waals surface area contributed by atoms with Crippen LogP contribution in [0.4, 0.5) is 0 Å². The van der Waals surface area contributed by atoms with Crippen LogP contribution in [0.25, 0.3) is 0 Å². The minimum absolute atomic E-state index is 0.00730. The Morgan fingerprint density at radius 2 is 1.84 bits per heavy atom. The zero-order valence-corrected chi connectivity index (χ0v) is 18.3. The van der Waals surface area contributed by atoms with Crippen LogP contribution in [0, 0.1) is 5.92 Å². The Labute approximate surface area is 188 Å². The van der Waals surface area contributed by atoms with Crippen molar-refractivity contribution in [1.29, 1.82) is 0 Å². The second kappa shape index (κ2) is 7.34. The summed E-state index contributed by atoms with van der Waals surface area (Å²) < 4.78 is 12.0. The van der Waals surface area contributed by atoms with Crippen LogP contribution in [-0.2, 0) is 14.3 Å². The van der Waals surface area contributed by atoms with Gasteiger partial charge in [0.25, 0.3) is 0 Å². The van der Waals surface area contributed by atoms with Crippen molar-refractivity contribution in [2.24, 2.45) is 5.92 Å². The number of nitrogens with zero attached hydrogens (tertiary/aromatic N) is 2. The third kappa shape index (κ3) is 2.75. The molecule has 1 unspecified atom stereocenters. The first-order valence-electron chi connectivity index (χ1n) is 11.6. The van der Waals surface area contributed by atoms with Crippen LogP contribution in [0.1, 0.15) is 42.9 Å². The van der Waals surface area contributed by atoms with Gasteiger partial charge in [0.15, 0.2) is 0 Å². The fraction of sp³-hybridized carbons (Fsp3) is 0.462. The first kappa shape index (κ1) is 19.8. The quantitative estimate of drug-likeness (QED) is 0.748. The van der Waals surface area contributed by atoms with Gasteiger partial charge >= 0.3 is 0 Å². The van der Waals surface area contributed by atoms with Crippen LogP contribution >= 0.6 is 0 Å². The van der Waals surface area contributed by atoms with Gasteiger partial charge in [-0.15, -0.1) is 0 Å². The van der Waals surface area contributed by atoms with E-state index in [1.54, 1.807) is 4.90 Å². The lowest BCUT2D eigenvalue weighted by Crippen LogP contribution is -2.66. The molecule has 2 aromatic carbocycles. The number of fused-ring (bicyclic) bond motifs is 5. The van der Waals surface area contributed by atoms with E-state index in [0.717, 1.165) is 36.3 Å². The standard InChI is InChI=1S/C26H28N2O4/c1-26-23(17-8-3-2-4-9-17)20-16-32-21-12-6-5-11-19(21)24(20)28(26)22(29)15-27(25(26)30)14-18-10-7-13-31-18/h2-6,8-9,11-12,18,20,23-24H,7,10,13-16H2,1H3/t18?,20-,23+,24-,26-/m1/s1. The minimum Gasteiger partial charge on any atom is -0.493 e. The van der Waals surface area contributed by atoms with Gasteiger partial charge < -0.3 is 19.3 Å². The van der Waals surface area contributed by atoms with Gasteiger partial charge in [0.1, 0.15) is 11.3 Å². The van der Waals surface area contributed by atoms with Crippen molar-refractivity contribution >= 4 is 11.8 Å². The molecule has 6 rings (SSSR count). The molecular formula is C26H28N2O4. The average molecular weight is 433 g/mol. The van der Waals surface area contributed by atoms with Gasteiger partial charge in [0.05, 0.1) is 25.3 Å². The van der Waals surface area contributed by atoms with E-state index in [0.29, 0.717) is 13.2 Å². The third-order valence-corrected chi connectivity index (χ3v) is 7.81. The average Bonchev–Trinajstić information content (AvgIpc) is 3.42. The summed E-state index contributed by atoms with van der Waals surface area (Å²) in [6.07, 6.45) is 1.96. The summed E-state index contributed by atoms with van der Waals surface area (Å²) in [4.78, 5) is 31.5. The lowest BCUT2D eigenvalue weighted by atomic mass is 9.73. The van der Waals surface area contributed by atoms with Gasteiger partial charge in [-0.3, -0.25) is 9.59 Å².